The standard InChI is InChI=1S/C52H35N3/c1-52(2)47-14-8-7-13-43(47)44-28-27-38(31-48(44)52)32-15-23-37(24-16-32)49-53-50(39-25-21-35-19-17-33-9-3-5-11-41(33)45(35)29-39)55-51(54-49)40-26-22-36-20-18-34-10-4-6-12-42(34)46(36)30-40/h3-31H,1-2H3. The van der Waals surface area contributed by atoms with Crippen LogP contribution in [-0.4, -0.2) is 15.0 Å². The second-order valence-electron chi connectivity index (χ2n) is 15.3. The van der Waals surface area contributed by atoms with E-state index in [1.807, 2.05) is 0 Å². The van der Waals surface area contributed by atoms with Crippen LogP contribution < -0.4 is 0 Å². The van der Waals surface area contributed by atoms with Crippen LogP contribution in [0.25, 0.3) is 99.5 Å². The summed E-state index contributed by atoms with van der Waals surface area (Å²) < 4.78 is 0. The second kappa shape index (κ2) is 12.0. The first-order valence-electron chi connectivity index (χ1n) is 18.9. The van der Waals surface area contributed by atoms with Crippen LogP contribution in [0.1, 0.15) is 25.0 Å². The molecule has 0 aliphatic heterocycles. The molecule has 0 spiro atoms. The number of hydrogen-bond donors (Lipinski definition) is 0. The van der Waals surface area contributed by atoms with Crippen molar-refractivity contribution >= 4 is 43.1 Å². The molecule has 1 aliphatic rings. The summed E-state index contributed by atoms with van der Waals surface area (Å²) in [6.07, 6.45) is 0. The molecule has 11 rings (SSSR count). The highest BCUT2D eigenvalue weighted by molar-refractivity contribution is 6.09. The minimum atomic E-state index is -0.0519. The first kappa shape index (κ1) is 31.5. The SMILES string of the molecule is CC1(C)c2ccccc2-c2ccc(-c3ccc(-c4nc(-c5ccc6ccc7ccccc7c6c5)nc(-c5ccc6ccc7ccccc7c6c5)n4)cc3)cc21. The Morgan fingerprint density at radius 2 is 0.727 bits per heavy atom. The lowest BCUT2D eigenvalue weighted by molar-refractivity contribution is 0.660. The van der Waals surface area contributed by atoms with Crippen molar-refractivity contribution in [3.05, 3.63) is 187 Å². The van der Waals surface area contributed by atoms with E-state index in [1.54, 1.807) is 0 Å². The molecule has 258 valence electrons. The third kappa shape index (κ3) is 5.08. The van der Waals surface area contributed by atoms with Crippen LogP contribution >= 0.6 is 0 Å². The summed E-state index contributed by atoms with van der Waals surface area (Å²) in [5, 5.41) is 9.59. The normalized spacial score (nSPS) is 13.1. The van der Waals surface area contributed by atoms with Crippen LogP contribution in [0.3, 0.4) is 0 Å². The summed E-state index contributed by atoms with van der Waals surface area (Å²) in [5.74, 6) is 1.95. The fourth-order valence-electron chi connectivity index (χ4n) is 8.74. The lowest BCUT2D eigenvalue weighted by Crippen LogP contribution is -2.14. The maximum absolute atomic E-state index is 5.18. The highest BCUT2D eigenvalue weighted by Crippen LogP contribution is 2.49. The molecule has 0 radical (unpaired) electrons. The average molecular weight is 702 g/mol. The van der Waals surface area contributed by atoms with Gasteiger partial charge in [0, 0.05) is 22.1 Å². The molecule has 3 nitrogen and oxygen atoms in total. The monoisotopic (exact) mass is 701 g/mol. The Kier molecular flexibility index (Phi) is 6.90. The zero-order valence-electron chi connectivity index (χ0n) is 30.6. The van der Waals surface area contributed by atoms with Crippen molar-refractivity contribution in [2.45, 2.75) is 19.3 Å². The van der Waals surface area contributed by atoms with Gasteiger partial charge in [-0.1, -0.05) is 172 Å². The van der Waals surface area contributed by atoms with Gasteiger partial charge in [0.05, 0.1) is 0 Å². The predicted molar refractivity (Wildman–Crippen MR) is 229 cm³/mol. The smallest absolute Gasteiger partial charge is 0.164 e. The highest BCUT2D eigenvalue weighted by atomic mass is 15.0. The van der Waals surface area contributed by atoms with Crippen LogP contribution in [0.2, 0.25) is 0 Å². The van der Waals surface area contributed by atoms with E-state index in [1.165, 1.54) is 70.9 Å². The van der Waals surface area contributed by atoms with Crippen LogP contribution in [0.15, 0.2) is 176 Å². The largest absolute Gasteiger partial charge is 0.208 e. The third-order valence-corrected chi connectivity index (χ3v) is 11.7. The third-order valence-electron chi connectivity index (χ3n) is 11.7. The summed E-state index contributed by atoms with van der Waals surface area (Å²) in [7, 11) is 0. The molecule has 0 fully saturated rings. The Bertz CT molecular complexity index is 3040. The molecule has 0 atom stereocenters. The number of aromatic nitrogens is 3. The van der Waals surface area contributed by atoms with Crippen molar-refractivity contribution in [3.8, 4) is 56.4 Å². The fraction of sp³-hybridized carbons (Fsp3) is 0.0577. The van der Waals surface area contributed by atoms with Gasteiger partial charge in [0.2, 0.25) is 0 Å². The van der Waals surface area contributed by atoms with E-state index in [9.17, 15) is 0 Å². The van der Waals surface area contributed by atoms with Gasteiger partial charge in [-0.2, -0.15) is 0 Å². The van der Waals surface area contributed by atoms with Crippen LogP contribution in [0.5, 0.6) is 0 Å². The molecule has 1 aliphatic carbocycles. The molecule has 3 heteroatoms. The van der Waals surface area contributed by atoms with Crippen molar-refractivity contribution in [1.82, 2.24) is 15.0 Å². The van der Waals surface area contributed by atoms with Gasteiger partial charge in [-0.15, -0.1) is 0 Å². The van der Waals surface area contributed by atoms with Crippen LogP contribution in [0, 0.1) is 0 Å². The molecular weight excluding hydrogens is 667 g/mol. The summed E-state index contributed by atoms with van der Waals surface area (Å²) in [6, 6.07) is 63.3. The number of nitrogens with zero attached hydrogens (tertiary/aromatic N) is 3. The Labute approximate surface area is 319 Å². The highest BCUT2D eigenvalue weighted by Gasteiger charge is 2.35. The zero-order valence-corrected chi connectivity index (χ0v) is 30.6. The minimum Gasteiger partial charge on any atom is -0.208 e. The van der Waals surface area contributed by atoms with Crippen molar-refractivity contribution in [3.63, 3.8) is 0 Å². The van der Waals surface area contributed by atoms with Gasteiger partial charge < -0.3 is 0 Å². The average Bonchev–Trinajstić information content (AvgIpc) is 3.48. The number of rotatable bonds is 4. The molecule has 0 bridgehead atoms. The molecule has 1 aromatic heterocycles. The number of fused-ring (bicyclic) bond motifs is 9. The first-order chi connectivity index (χ1) is 27.0. The molecule has 0 N–H and O–H groups in total. The van der Waals surface area contributed by atoms with Gasteiger partial charge in [0.25, 0.3) is 0 Å². The maximum Gasteiger partial charge on any atom is 0.164 e. The maximum atomic E-state index is 5.18. The summed E-state index contributed by atoms with van der Waals surface area (Å²) in [5.41, 5.74) is 10.6. The van der Waals surface area contributed by atoms with Gasteiger partial charge in [-0.3, -0.25) is 0 Å². The van der Waals surface area contributed by atoms with Crippen LogP contribution in [-0.2, 0) is 5.41 Å². The molecule has 10 aromatic rings. The molecule has 0 saturated heterocycles. The molecule has 0 unspecified atom stereocenters. The Morgan fingerprint density at radius 3 is 1.33 bits per heavy atom. The van der Waals surface area contributed by atoms with E-state index in [2.05, 4.69) is 190 Å². The molecule has 0 saturated carbocycles. The van der Waals surface area contributed by atoms with Gasteiger partial charge >= 0.3 is 0 Å². The van der Waals surface area contributed by atoms with Crippen molar-refractivity contribution in [1.29, 1.82) is 0 Å². The molecule has 0 amide bonds. The van der Waals surface area contributed by atoms with Gasteiger partial charge in [-0.05, 0) is 94.7 Å². The van der Waals surface area contributed by atoms with E-state index < -0.39 is 0 Å². The molecule has 9 aromatic carbocycles. The van der Waals surface area contributed by atoms with E-state index in [0.29, 0.717) is 17.5 Å². The van der Waals surface area contributed by atoms with Crippen molar-refractivity contribution in [2.24, 2.45) is 0 Å². The summed E-state index contributed by atoms with van der Waals surface area (Å²) >= 11 is 0. The molecule has 1 heterocycles. The second-order valence-corrected chi connectivity index (χ2v) is 15.3. The Morgan fingerprint density at radius 1 is 0.309 bits per heavy atom. The quantitative estimate of drug-likeness (QED) is 0.171. The molecule has 55 heavy (non-hydrogen) atoms. The zero-order chi connectivity index (χ0) is 36.7. The summed E-state index contributed by atoms with van der Waals surface area (Å²) in [4.78, 5) is 15.5. The topological polar surface area (TPSA) is 38.7 Å². The first-order valence-corrected chi connectivity index (χ1v) is 18.9. The van der Waals surface area contributed by atoms with E-state index >= 15 is 0 Å². The summed E-state index contributed by atoms with van der Waals surface area (Å²) in [6.45, 7) is 4.66. The van der Waals surface area contributed by atoms with Crippen molar-refractivity contribution in [2.75, 3.05) is 0 Å². The van der Waals surface area contributed by atoms with E-state index in [0.717, 1.165) is 22.3 Å². The van der Waals surface area contributed by atoms with E-state index in [-0.39, 0.29) is 5.41 Å². The lowest BCUT2D eigenvalue weighted by Gasteiger charge is -2.22. The Balaban J connectivity index is 1.05. The van der Waals surface area contributed by atoms with Gasteiger partial charge in [-0.25, -0.2) is 15.0 Å². The van der Waals surface area contributed by atoms with Crippen LogP contribution in [0.4, 0.5) is 0 Å². The lowest BCUT2D eigenvalue weighted by atomic mass is 9.81. The van der Waals surface area contributed by atoms with E-state index in [4.69, 9.17) is 15.0 Å². The minimum absolute atomic E-state index is 0.0519. The van der Waals surface area contributed by atoms with Crippen molar-refractivity contribution < 1.29 is 0 Å². The van der Waals surface area contributed by atoms with Gasteiger partial charge in [0.1, 0.15) is 0 Å². The fourth-order valence-corrected chi connectivity index (χ4v) is 8.74. The number of hydrogen-bond acceptors (Lipinski definition) is 3. The predicted octanol–water partition coefficient (Wildman–Crippen LogP) is 13.5. The van der Waals surface area contributed by atoms with Gasteiger partial charge in [0.15, 0.2) is 17.5 Å². The Hall–Kier alpha value is -6.97. The number of benzene rings is 9. The molecular formula is C52H35N3.